The van der Waals surface area contributed by atoms with Gasteiger partial charge in [0.1, 0.15) is 16.3 Å². The van der Waals surface area contributed by atoms with E-state index in [0.29, 0.717) is 37.8 Å². The van der Waals surface area contributed by atoms with Crippen LogP contribution in [0.15, 0.2) is 29.6 Å². The molecule has 1 aliphatic heterocycles. The van der Waals surface area contributed by atoms with E-state index in [4.69, 9.17) is 4.74 Å². The van der Waals surface area contributed by atoms with E-state index in [9.17, 15) is 9.59 Å². The van der Waals surface area contributed by atoms with Crippen LogP contribution < -0.4 is 0 Å². The molecular weight excluding hydrogens is 386 g/mol. The number of hydrogen-bond acceptors (Lipinski definition) is 5. The van der Waals surface area contributed by atoms with Gasteiger partial charge < -0.3 is 14.5 Å². The van der Waals surface area contributed by atoms with Gasteiger partial charge in [-0.2, -0.15) is 0 Å². The summed E-state index contributed by atoms with van der Waals surface area (Å²) >= 11 is 1.48. The average Bonchev–Trinajstić information content (AvgIpc) is 3.16. The van der Waals surface area contributed by atoms with Crippen molar-refractivity contribution in [2.45, 2.75) is 46.1 Å². The minimum absolute atomic E-state index is 0.0878. The number of carbonyl (C=O) groups is 2. The number of amides is 2. The lowest BCUT2D eigenvalue weighted by molar-refractivity contribution is 0.0140. The molecule has 2 aromatic rings. The summed E-state index contributed by atoms with van der Waals surface area (Å²) in [6, 6.07) is 8.33. The Kier molecular flexibility index (Phi) is 6.27. The molecule has 1 fully saturated rings. The van der Waals surface area contributed by atoms with Crippen molar-refractivity contribution in [3.8, 4) is 10.6 Å². The monoisotopic (exact) mass is 415 g/mol. The summed E-state index contributed by atoms with van der Waals surface area (Å²) in [7, 11) is 0. The molecule has 0 unspecified atom stereocenters. The van der Waals surface area contributed by atoms with Crippen LogP contribution in [0.1, 0.15) is 56.6 Å². The number of aromatic nitrogens is 1. The standard InChI is InChI=1S/C22H29N3O3S/c1-15(2)16-6-8-17(9-7-16)19-23-18(14-29-19)20(26)24-10-12-25(13-11-24)21(27)28-22(3,4)5/h6-9,14-15H,10-13H2,1-5H3. The highest BCUT2D eigenvalue weighted by molar-refractivity contribution is 7.13. The maximum atomic E-state index is 12.8. The summed E-state index contributed by atoms with van der Waals surface area (Å²) < 4.78 is 5.41. The summed E-state index contributed by atoms with van der Waals surface area (Å²) in [5.74, 6) is 0.395. The highest BCUT2D eigenvalue weighted by atomic mass is 32.1. The molecule has 2 heterocycles. The van der Waals surface area contributed by atoms with E-state index in [1.807, 2.05) is 26.2 Å². The molecule has 2 amide bonds. The summed E-state index contributed by atoms with van der Waals surface area (Å²) in [5.41, 5.74) is 2.25. The lowest BCUT2D eigenvalue weighted by Gasteiger charge is -2.35. The molecule has 29 heavy (non-hydrogen) atoms. The van der Waals surface area contributed by atoms with Gasteiger partial charge in [0.05, 0.1) is 0 Å². The van der Waals surface area contributed by atoms with Crippen LogP contribution in [0, 0.1) is 0 Å². The Morgan fingerprint density at radius 1 is 1.03 bits per heavy atom. The number of ether oxygens (including phenoxy) is 1. The second-order valence-electron chi connectivity index (χ2n) is 8.57. The summed E-state index contributed by atoms with van der Waals surface area (Å²) in [6.07, 6.45) is -0.328. The average molecular weight is 416 g/mol. The number of rotatable bonds is 3. The predicted octanol–water partition coefficient (Wildman–Crippen LogP) is 4.63. The first-order valence-electron chi connectivity index (χ1n) is 9.97. The van der Waals surface area contributed by atoms with E-state index in [1.165, 1.54) is 16.9 Å². The summed E-state index contributed by atoms with van der Waals surface area (Å²) in [4.78, 5) is 33.0. The molecule has 1 aliphatic rings. The van der Waals surface area contributed by atoms with Gasteiger partial charge in [-0.05, 0) is 32.3 Å². The van der Waals surface area contributed by atoms with Crippen molar-refractivity contribution in [2.24, 2.45) is 0 Å². The Morgan fingerprint density at radius 3 is 2.17 bits per heavy atom. The van der Waals surface area contributed by atoms with Gasteiger partial charge in [0.15, 0.2) is 0 Å². The molecular formula is C22H29N3O3S. The van der Waals surface area contributed by atoms with Crippen LogP contribution in [0.2, 0.25) is 0 Å². The van der Waals surface area contributed by atoms with E-state index in [-0.39, 0.29) is 12.0 Å². The van der Waals surface area contributed by atoms with E-state index >= 15 is 0 Å². The van der Waals surface area contributed by atoms with E-state index in [1.54, 1.807) is 9.80 Å². The molecule has 7 heteroatoms. The van der Waals surface area contributed by atoms with Gasteiger partial charge in [0.25, 0.3) is 5.91 Å². The van der Waals surface area contributed by atoms with Crippen molar-refractivity contribution in [3.63, 3.8) is 0 Å². The Bertz CT molecular complexity index is 860. The molecule has 0 saturated carbocycles. The number of hydrogen-bond donors (Lipinski definition) is 0. The molecule has 0 aliphatic carbocycles. The molecule has 0 radical (unpaired) electrons. The minimum atomic E-state index is -0.519. The smallest absolute Gasteiger partial charge is 0.410 e. The molecule has 0 spiro atoms. The van der Waals surface area contributed by atoms with Crippen LogP contribution in [0.3, 0.4) is 0 Å². The molecule has 1 aromatic heterocycles. The van der Waals surface area contributed by atoms with Crippen LogP contribution in [-0.2, 0) is 4.74 Å². The molecule has 1 aromatic carbocycles. The largest absolute Gasteiger partial charge is 0.444 e. The zero-order chi connectivity index (χ0) is 21.2. The van der Waals surface area contributed by atoms with Crippen molar-refractivity contribution in [1.29, 1.82) is 0 Å². The van der Waals surface area contributed by atoms with Gasteiger partial charge in [-0.15, -0.1) is 11.3 Å². The van der Waals surface area contributed by atoms with Crippen LogP contribution in [0.25, 0.3) is 10.6 Å². The Balaban J connectivity index is 1.60. The number of carbonyl (C=O) groups excluding carboxylic acids is 2. The molecule has 1 saturated heterocycles. The molecule has 156 valence electrons. The molecule has 3 rings (SSSR count). The lowest BCUT2D eigenvalue weighted by atomic mass is 10.0. The van der Waals surface area contributed by atoms with Crippen molar-refractivity contribution < 1.29 is 14.3 Å². The van der Waals surface area contributed by atoms with Crippen molar-refractivity contribution in [2.75, 3.05) is 26.2 Å². The van der Waals surface area contributed by atoms with Gasteiger partial charge in [0, 0.05) is 37.1 Å². The highest BCUT2D eigenvalue weighted by Gasteiger charge is 2.28. The van der Waals surface area contributed by atoms with Crippen molar-refractivity contribution >= 4 is 23.3 Å². The third kappa shape index (κ3) is 5.35. The SMILES string of the molecule is CC(C)c1ccc(-c2nc(C(=O)N3CCN(C(=O)OC(C)(C)C)CC3)cs2)cc1. The zero-order valence-corrected chi connectivity index (χ0v) is 18.6. The molecule has 0 bridgehead atoms. The van der Waals surface area contributed by atoms with Crippen LogP contribution in [0.5, 0.6) is 0 Å². The van der Waals surface area contributed by atoms with E-state index < -0.39 is 5.60 Å². The predicted molar refractivity (Wildman–Crippen MR) is 115 cm³/mol. The fraction of sp³-hybridized carbons (Fsp3) is 0.500. The Labute approximate surface area is 176 Å². The first kappa shape index (κ1) is 21.3. The number of piperazine rings is 1. The van der Waals surface area contributed by atoms with Crippen LogP contribution in [-0.4, -0.2) is 58.6 Å². The van der Waals surface area contributed by atoms with Gasteiger partial charge in [0.2, 0.25) is 0 Å². The first-order valence-corrected chi connectivity index (χ1v) is 10.8. The minimum Gasteiger partial charge on any atom is -0.444 e. The quantitative estimate of drug-likeness (QED) is 0.733. The fourth-order valence-corrected chi connectivity index (χ4v) is 3.90. The van der Waals surface area contributed by atoms with Crippen LogP contribution >= 0.6 is 11.3 Å². The molecule has 6 nitrogen and oxygen atoms in total. The lowest BCUT2D eigenvalue weighted by Crippen LogP contribution is -2.51. The molecule has 0 N–H and O–H groups in total. The highest BCUT2D eigenvalue weighted by Crippen LogP contribution is 2.26. The summed E-state index contributed by atoms with van der Waals surface area (Å²) in [5, 5.41) is 2.66. The maximum absolute atomic E-state index is 12.8. The fourth-order valence-electron chi connectivity index (χ4n) is 3.10. The Morgan fingerprint density at radius 2 is 1.62 bits per heavy atom. The number of nitrogens with zero attached hydrogens (tertiary/aromatic N) is 3. The number of benzene rings is 1. The van der Waals surface area contributed by atoms with E-state index in [0.717, 1.165) is 10.6 Å². The normalized spacial score (nSPS) is 15.0. The van der Waals surface area contributed by atoms with Gasteiger partial charge in [-0.1, -0.05) is 38.1 Å². The number of thiazole rings is 1. The first-order chi connectivity index (χ1) is 13.6. The Hall–Kier alpha value is -2.41. The third-order valence-electron chi connectivity index (χ3n) is 4.77. The van der Waals surface area contributed by atoms with Crippen molar-refractivity contribution in [1.82, 2.24) is 14.8 Å². The summed E-state index contributed by atoms with van der Waals surface area (Å²) in [6.45, 7) is 11.8. The van der Waals surface area contributed by atoms with Crippen molar-refractivity contribution in [3.05, 3.63) is 40.9 Å². The maximum Gasteiger partial charge on any atom is 0.410 e. The van der Waals surface area contributed by atoms with Crippen LogP contribution in [0.4, 0.5) is 4.79 Å². The third-order valence-corrected chi connectivity index (χ3v) is 5.66. The zero-order valence-electron chi connectivity index (χ0n) is 17.8. The molecule has 0 atom stereocenters. The topological polar surface area (TPSA) is 62.7 Å². The second kappa shape index (κ2) is 8.53. The van der Waals surface area contributed by atoms with Gasteiger partial charge in [-0.25, -0.2) is 9.78 Å². The van der Waals surface area contributed by atoms with Gasteiger partial charge >= 0.3 is 6.09 Å². The van der Waals surface area contributed by atoms with E-state index in [2.05, 4.69) is 43.1 Å². The second-order valence-corrected chi connectivity index (χ2v) is 9.43. The van der Waals surface area contributed by atoms with Gasteiger partial charge in [-0.3, -0.25) is 4.79 Å².